The van der Waals surface area contributed by atoms with Gasteiger partial charge in [0.1, 0.15) is 0 Å². The van der Waals surface area contributed by atoms with Crippen LogP contribution >= 0.6 is 0 Å². The van der Waals surface area contributed by atoms with E-state index in [1.165, 1.54) is 5.56 Å². The van der Waals surface area contributed by atoms with Crippen LogP contribution in [0.4, 0.5) is 5.69 Å². The Kier molecular flexibility index (Phi) is 3.66. The van der Waals surface area contributed by atoms with E-state index >= 15 is 0 Å². The molecule has 2 heteroatoms. The molecule has 0 aliphatic carbocycles. The normalized spacial score (nSPS) is 10.9. The number of anilines is 1. The highest BCUT2D eigenvalue weighted by molar-refractivity contribution is 5.74. The molecular weight excluding hydrogens is 220 g/mol. The summed E-state index contributed by atoms with van der Waals surface area (Å²) in [5.74, 6) is 0.679. The zero-order valence-electron chi connectivity index (χ0n) is 11.3. The number of nitrogens with zero attached hydrogens (tertiary/aromatic N) is 1. The summed E-state index contributed by atoms with van der Waals surface area (Å²) >= 11 is 0. The number of benzene rings is 1. The molecule has 1 aromatic carbocycles. The number of rotatable bonds is 3. The Morgan fingerprint density at radius 3 is 2.39 bits per heavy atom. The largest absolute Gasteiger partial charge is 0.397 e. The van der Waals surface area contributed by atoms with E-state index < -0.39 is 0 Å². The van der Waals surface area contributed by atoms with Crippen LogP contribution < -0.4 is 5.73 Å². The Balaban J connectivity index is 2.32. The van der Waals surface area contributed by atoms with Gasteiger partial charge in [-0.2, -0.15) is 0 Å². The van der Waals surface area contributed by atoms with Gasteiger partial charge in [-0.05, 0) is 36.5 Å². The van der Waals surface area contributed by atoms with Crippen LogP contribution in [0.15, 0.2) is 36.5 Å². The fourth-order valence-electron chi connectivity index (χ4n) is 2.07. The van der Waals surface area contributed by atoms with Crippen LogP contribution in [0.5, 0.6) is 0 Å². The summed E-state index contributed by atoms with van der Waals surface area (Å²) in [4.78, 5) is 4.37. The van der Waals surface area contributed by atoms with E-state index in [1.54, 1.807) is 0 Å². The number of aryl methyl sites for hydroxylation is 1. The lowest BCUT2D eigenvalue weighted by molar-refractivity contribution is 0.647. The Bertz CT molecular complexity index is 527. The van der Waals surface area contributed by atoms with E-state index in [2.05, 4.69) is 43.1 Å². The molecule has 0 saturated heterocycles. The minimum absolute atomic E-state index is 0.679. The van der Waals surface area contributed by atoms with E-state index in [0.29, 0.717) is 5.92 Å². The van der Waals surface area contributed by atoms with Gasteiger partial charge in [0, 0.05) is 11.8 Å². The second-order valence-corrected chi connectivity index (χ2v) is 5.19. The molecule has 0 aliphatic rings. The molecule has 2 rings (SSSR count). The SMILES string of the molecule is Cc1ccnc(-c2ccc(CC(C)C)cc2)c1N. The first-order chi connectivity index (χ1) is 8.58. The molecule has 2 N–H and O–H groups in total. The van der Waals surface area contributed by atoms with Gasteiger partial charge in [-0.3, -0.25) is 4.98 Å². The van der Waals surface area contributed by atoms with Crippen LogP contribution in [0.2, 0.25) is 0 Å². The van der Waals surface area contributed by atoms with Crippen molar-refractivity contribution in [1.29, 1.82) is 0 Å². The third-order valence-corrected chi connectivity index (χ3v) is 3.08. The summed E-state index contributed by atoms with van der Waals surface area (Å²) in [5.41, 5.74) is 11.2. The highest BCUT2D eigenvalue weighted by atomic mass is 14.7. The molecule has 0 atom stereocenters. The molecule has 94 valence electrons. The first-order valence-electron chi connectivity index (χ1n) is 6.38. The topological polar surface area (TPSA) is 38.9 Å². The number of nitrogen functional groups attached to an aromatic ring is 1. The molecule has 0 aliphatic heterocycles. The van der Waals surface area contributed by atoms with Crippen LogP contribution in [-0.4, -0.2) is 4.98 Å². The van der Waals surface area contributed by atoms with Crippen molar-refractivity contribution in [2.24, 2.45) is 5.92 Å². The molecule has 2 aromatic rings. The van der Waals surface area contributed by atoms with E-state index in [4.69, 9.17) is 5.73 Å². The molecule has 0 radical (unpaired) electrons. The third kappa shape index (κ3) is 2.70. The van der Waals surface area contributed by atoms with Crippen molar-refractivity contribution in [3.8, 4) is 11.3 Å². The second-order valence-electron chi connectivity index (χ2n) is 5.19. The Morgan fingerprint density at radius 2 is 1.78 bits per heavy atom. The van der Waals surface area contributed by atoms with Crippen molar-refractivity contribution >= 4 is 5.69 Å². The second kappa shape index (κ2) is 5.21. The van der Waals surface area contributed by atoms with Gasteiger partial charge < -0.3 is 5.73 Å². The fourth-order valence-corrected chi connectivity index (χ4v) is 2.07. The lowest BCUT2D eigenvalue weighted by Gasteiger charge is -2.09. The van der Waals surface area contributed by atoms with Gasteiger partial charge in [0.2, 0.25) is 0 Å². The highest BCUT2D eigenvalue weighted by Gasteiger charge is 2.06. The maximum Gasteiger partial charge on any atom is 0.0933 e. The molecule has 0 unspecified atom stereocenters. The van der Waals surface area contributed by atoms with Gasteiger partial charge in [-0.25, -0.2) is 0 Å². The summed E-state index contributed by atoms with van der Waals surface area (Å²) in [6.45, 7) is 6.47. The van der Waals surface area contributed by atoms with Crippen molar-refractivity contribution in [3.63, 3.8) is 0 Å². The van der Waals surface area contributed by atoms with Crippen LogP contribution in [0.1, 0.15) is 25.0 Å². The van der Waals surface area contributed by atoms with Crippen LogP contribution in [0, 0.1) is 12.8 Å². The predicted molar refractivity (Wildman–Crippen MR) is 77.4 cm³/mol. The Labute approximate surface area is 109 Å². The zero-order chi connectivity index (χ0) is 13.1. The van der Waals surface area contributed by atoms with Crippen LogP contribution in [0.25, 0.3) is 11.3 Å². The maximum atomic E-state index is 6.07. The summed E-state index contributed by atoms with van der Waals surface area (Å²) in [7, 11) is 0. The van der Waals surface area contributed by atoms with Crippen molar-refractivity contribution in [3.05, 3.63) is 47.7 Å². The number of hydrogen-bond donors (Lipinski definition) is 1. The lowest BCUT2D eigenvalue weighted by Crippen LogP contribution is -1.97. The van der Waals surface area contributed by atoms with Gasteiger partial charge >= 0.3 is 0 Å². The summed E-state index contributed by atoms with van der Waals surface area (Å²) < 4.78 is 0. The molecular formula is C16H20N2. The first kappa shape index (κ1) is 12.6. The molecule has 0 bridgehead atoms. The van der Waals surface area contributed by atoms with Crippen molar-refractivity contribution < 1.29 is 0 Å². The first-order valence-corrected chi connectivity index (χ1v) is 6.38. The summed E-state index contributed by atoms with van der Waals surface area (Å²) in [5, 5.41) is 0. The van der Waals surface area contributed by atoms with Gasteiger partial charge in [0.25, 0.3) is 0 Å². The van der Waals surface area contributed by atoms with Crippen LogP contribution in [0.3, 0.4) is 0 Å². The number of nitrogens with two attached hydrogens (primary N) is 1. The monoisotopic (exact) mass is 240 g/mol. The number of hydrogen-bond acceptors (Lipinski definition) is 2. The molecule has 0 saturated carbocycles. The third-order valence-electron chi connectivity index (χ3n) is 3.08. The number of pyridine rings is 1. The minimum atomic E-state index is 0.679. The lowest BCUT2D eigenvalue weighted by atomic mass is 10.00. The van der Waals surface area contributed by atoms with Crippen molar-refractivity contribution in [1.82, 2.24) is 4.98 Å². The maximum absolute atomic E-state index is 6.07. The van der Waals surface area contributed by atoms with Crippen molar-refractivity contribution in [2.45, 2.75) is 27.2 Å². The fraction of sp³-hybridized carbons (Fsp3) is 0.312. The molecule has 2 nitrogen and oxygen atoms in total. The van der Waals surface area contributed by atoms with E-state index in [-0.39, 0.29) is 0 Å². The molecule has 0 spiro atoms. The minimum Gasteiger partial charge on any atom is -0.397 e. The van der Waals surface area contributed by atoms with Gasteiger partial charge in [0.15, 0.2) is 0 Å². The molecule has 1 heterocycles. The quantitative estimate of drug-likeness (QED) is 0.885. The summed E-state index contributed by atoms with van der Waals surface area (Å²) in [6, 6.07) is 10.5. The number of aromatic nitrogens is 1. The van der Waals surface area contributed by atoms with Gasteiger partial charge in [0.05, 0.1) is 11.4 Å². The zero-order valence-corrected chi connectivity index (χ0v) is 11.3. The smallest absolute Gasteiger partial charge is 0.0933 e. The van der Waals surface area contributed by atoms with E-state index in [0.717, 1.165) is 28.9 Å². The molecule has 1 aromatic heterocycles. The standard InChI is InChI=1S/C16H20N2/c1-11(2)10-13-4-6-14(7-5-13)16-15(17)12(3)8-9-18-16/h4-9,11H,10,17H2,1-3H3. The van der Waals surface area contributed by atoms with Gasteiger partial charge in [-0.1, -0.05) is 38.1 Å². The molecule has 0 amide bonds. The average Bonchev–Trinajstić information content (AvgIpc) is 2.33. The Morgan fingerprint density at radius 1 is 1.11 bits per heavy atom. The Hall–Kier alpha value is -1.83. The predicted octanol–water partition coefficient (Wildman–Crippen LogP) is 3.84. The molecule has 0 fully saturated rings. The average molecular weight is 240 g/mol. The summed E-state index contributed by atoms with van der Waals surface area (Å²) in [6.07, 6.45) is 2.92. The molecule has 18 heavy (non-hydrogen) atoms. The van der Waals surface area contributed by atoms with Crippen molar-refractivity contribution in [2.75, 3.05) is 5.73 Å². The van der Waals surface area contributed by atoms with Gasteiger partial charge in [-0.15, -0.1) is 0 Å². The van der Waals surface area contributed by atoms with E-state index in [1.807, 2.05) is 19.2 Å². The van der Waals surface area contributed by atoms with Crippen LogP contribution in [-0.2, 0) is 6.42 Å². The van der Waals surface area contributed by atoms with E-state index in [9.17, 15) is 0 Å². The highest BCUT2D eigenvalue weighted by Crippen LogP contribution is 2.26.